The van der Waals surface area contributed by atoms with Crippen LogP contribution in [0.3, 0.4) is 0 Å². The number of rotatable bonds is 2. The van der Waals surface area contributed by atoms with Crippen LogP contribution in [0.25, 0.3) is 0 Å². The third-order valence-corrected chi connectivity index (χ3v) is 2.29. The molecule has 1 atom stereocenters. The van der Waals surface area contributed by atoms with Crippen molar-refractivity contribution in [3.05, 3.63) is 34.6 Å². The summed E-state index contributed by atoms with van der Waals surface area (Å²) < 4.78 is 17.4. The van der Waals surface area contributed by atoms with Gasteiger partial charge in [0.15, 0.2) is 0 Å². The van der Waals surface area contributed by atoms with E-state index in [1.54, 1.807) is 6.92 Å². The fraction of sp³-hybridized carbons (Fsp3) is 0.300. The van der Waals surface area contributed by atoms with Crippen LogP contribution in [0.4, 0.5) is 4.39 Å². The van der Waals surface area contributed by atoms with Crippen LogP contribution in [0.1, 0.15) is 18.4 Å². The standard InChI is InChI=1S/C10H10ClFO2/c1-6(10(13)14-2)7-3-4-9(12)8(11)5-7/h3-6H,1-2H3. The van der Waals surface area contributed by atoms with Crippen LogP contribution in [0.2, 0.25) is 5.02 Å². The Morgan fingerprint density at radius 1 is 1.57 bits per heavy atom. The predicted octanol–water partition coefficient (Wildman–Crippen LogP) is 2.76. The summed E-state index contributed by atoms with van der Waals surface area (Å²) in [6.07, 6.45) is 0. The van der Waals surface area contributed by atoms with Gasteiger partial charge in [0.25, 0.3) is 0 Å². The second-order valence-electron chi connectivity index (χ2n) is 2.92. The number of hydrogen-bond acceptors (Lipinski definition) is 2. The number of benzene rings is 1. The third kappa shape index (κ3) is 2.23. The summed E-state index contributed by atoms with van der Waals surface area (Å²) in [6, 6.07) is 4.18. The first-order chi connectivity index (χ1) is 6.56. The second-order valence-corrected chi connectivity index (χ2v) is 3.33. The second kappa shape index (κ2) is 4.42. The van der Waals surface area contributed by atoms with Crippen molar-refractivity contribution < 1.29 is 13.9 Å². The first kappa shape index (κ1) is 11.0. The molecule has 0 amide bonds. The minimum absolute atomic E-state index is 0.0123. The number of esters is 1. The van der Waals surface area contributed by atoms with E-state index in [0.717, 1.165) is 0 Å². The maximum absolute atomic E-state index is 12.8. The van der Waals surface area contributed by atoms with Gasteiger partial charge in [0, 0.05) is 0 Å². The lowest BCUT2D eigenvalue weighted by Gasteiger charge is -2.09. The van der Waals surface area contributed by atoms with Crippen molar-refractivity contribution in [2.75, 3.05) is 7.11 Å². The van der Waals surface area contributed by atoms with E-state index in [1.807, 2.05) is 0 Å². The molecule has 1 unspecified atom stereocenters. The van der Waals surface area contributed by atoms with Crippen molar-refractivity contribution in [3.8, 4) is 0 Å². The minimum Gasteiger partial charge on any atom is -0.469 e. The molecule has 0 aliphatic carbocycles. The summed E-state index contributed by atoms with van der Waals surface area (Å²) in [5.41, 5.74) is 0.642. The molecular formula is C10H10ClFO2. The Morgan fingerprint density at radius 2 is 2.21 bits per heavy atom. The number of ether oxygens (including phenoxy) is 1. The van der Waals surface area contributed by atoms with Crippen LogP contribution in [0.5, 0.6) is 0 Å². The molecule has 0 saturated heterocycles. The molecule has 2 nitrogen and oxygen atoms in total. The van der Waals surface area contributed by atoms with Gasteiger partial charge < -0.3 is 4.74 Å². The Labute approximate surface area is 86.6 Å². The number of hydrogen-bond donors (Lipinski definition) is 0. The highest BCUT2D eigenvalue weighted by Crippen LogP contribution is 2.22. The molecule has 0 aliphatic rings. The van der Waals surface area contributed by atoms with Crippen LogP contribution >= 0.6 is 11.6 Å². The average Bonchev–Trinajstić information content (AvgIpc) is 2.20. The highest BCUT2D eigenvalue weighted by atomic mass is 35.5. The first-order valence-corrected chi connectivity index (χ1v) is 4.47. The number of carbonyl (C=O) groups excluding carboxylic acids is 1. The van der Waals surface area contributed by atoms with Crippen molar-refractivity contribution in [2.45, 2.75) is 12.8 Å². The highest BCUT2D eigenvalue weighted by Gasteiger charge is 2.16. The fourth-order valence-corrected chi connectivity index (χ4v) is 1.28. The van der Waals surface area contributed by atoms with E-state index in [2.05, 4.69) is 4.74 Å². The number of carbonyl (C=O) groups is 1. The maximum Gasteiger partial charge on any atom is 0.312 e. The van der Waals surface area contributed by atoms with Crippen molar-refractivity contribution in [2.24, 2.45) is 0 Å². The quantitative estimate of drug-likeness (QED) is 0.711. The maximum atomic E-state index is 12.8. The zero-order valence-electron chi connectivity index (χ0n) is 7.88. The molecule has 4 heteroatoms. The molecule has 1 aromatic rings. The third-order valence-electron chi connectivity index (χ3n) is 2.00. The van der Waals surface area contributed by atoms with Gasteiger partial charge in [0.2, 0.25) is 0 Å². The molecule has 76 valence electrons. The first-order valence-electron chi connectivity index (χ1n) is 4.09. The van der Waals surface area contributed by atoms with Crippen molar-refractivity contribution in [3.63, 3.8) is 0 Å². The van der Waals surface area contributed by atoms with Gasteiger partial charge in [-0.25, -0.2) is 4.39 Å². The van der Waals surface area contributed by atoms with E-state index in [9.17, 15) is 9.18 Å². The zero-order chi connectivity index (χ0) is 10.7. The van der Waals surface area contributed by atoms with E-state index in [4.69, 9.17) is 11.6 Å². The van der Waals surface area contributed by atoms with E-state index in [0.29, 0.717) is 5.56 Å². The van der Waals surface area contributed by atoms with Crippen molar-refractivity contribution >= 4 is 17.6 Å². The lowest BCUT2D eigenvalue weighted by atomic mass is 10.0. The van der Waals surface area contributed by atoms with E-state index < -0.39 is 11.7 Å². The molecule has 0 aromatic heterocycles. The molecule has 0 fully saturated rings. The highest BCUT2D eigenvalue weighted by molar-refractivity contribution is 6.30. The summed E-state index contributed by atoms with van der Waals surface area (Å²) in [7, 11) is 1.31. The summed E-state index contributed by atoms with van der Waals surface area (Å²) in [4.78, 5) is 11.1. The van der Waals surface area contributed by atoms with Crippen LogP contribution in [-0.2, 0) is 9.53 Å². The Kier molecular flexibility index (Phi) is 3.47. The molecular weight excluding hydrogens is 207 g/mol. The van der Waals surface area contributed by atoms with Crippen LogP contribution < -0.4 is 0 Å². The zero-order valence-corrected chi connectivity index (χ0v) is 8.64. The molecule has 0 spiro atoms. The van der Waals surface area contributed by atoms with Crippen LogP contribution in [0, 0.1) is 5.82 Å². The van der Waals surface area contributed by atoms with Gasteiger partial charge in [-0.3, -0.25) is 4.79 Å². The molecule has 1 aromatic carbocycles. The lowest BCUT2D eigenvalue weighted by molar-refractivity contribution is -0.141. The molecule has 0 aliphatic heterocycles. The van der Waals surface area contributed by atoms with Gasteiger partial charge in [-0.15, -0.1) is 0 Å². The van der Waals surface area contributed by atoms with Crippen molar-refractivity contribution in [1.82, 2.24) is 0 Å². The largest absolute Gasteiger partial charge is 0.469 e. The van der Waals surface area contributed by atoms with Gasteiger partial charge in [-0.05, 0) is 24.6 Å². The monoisotopic (exact) mass is 216 g/mol. The lowest BCUT2D eigenvalue weighted by Crippen LogP contribution is -2.10. The SMILES string of the molecule is COC(=O)C(C)c1ccc(F)c(Cl)c1. The number of methoxy groups -OCH3 is 1. The van der Waals surface area contributed by atoms with Gasteiger partial charge in [-0.2, -0.15) is 0 Å². The Morgan fingerprint density at radius 3 is 2.71 bits per heavy atom. The molecule has 0 saturated carbocycles. The Bertz CT molecular complexity index is 352. The molecule has 0 heterocycles. The molecule has 0 bridgehead atoms. The van der Waals surface area contributed by atoms with Gasteiger partial charge in [-0.1, -0.05) is 17.7 Å². The van der Waals surface area contributed by atoms with E-state index >= 15 is 0 Å². The molecule has 1 rings (SSSR count). The van der Waals surface area contributed by atoms with Crippen LogP contribution in [0.15, 0.2) is 18.2 Å². The smallest absolute Gasteiger partial charge is 0.312 e. The van der Waals surface area contributed by atoms with Gasteiger partial charge in [0.05, 0.1) is 18.1 Å². The molecule has 14 heavy (non-hydrogen) atoms. The molecule has 0 N–H and O–H groups in total. The van der Waals surface area contributed by atoms with Gasteiger partial charge in [0.1, 0.15) is 5.82 Å². The average molecular weight is 217 g/mol. The van der Waals surface area contributed by atoms with Crippen LogP contribution in [-0.4, -0.2) is 13.1 Å². The Hall–Kier alpha value is -1.09. The summed E-state index contributed by atoms with van der Waals surface area (Å²) in [5, 5.41) is 0.0123. The topological polar surface area (TPSA) is 26.3 Å². The summed E-state index contributed by atoms with van der Waals surface area (Å²) in [6.45, 7) is 1.68. The fourth-order valence-electron chi connectivity index (χ4n) is 1.09. The molecule has 0 radical (unpaired) electrons. The van der Waals surface area contributed by atoms with Crippen molar-refractivity contribution in [1.29, 1.82) is 0 Å². The van der Waals surface area contributed by atoms with E-state index in [-0.39, 0.29) is 11.0 Å². The minimum atomic E-state index is -0.493. The summed E-state index contributed by atoms with van der Waals surface area (Å²) >= 11 is 5.58. The Balaban J connectivity index is 2.96. The number of halogens is 2. The predicted molar refractivity (Wildman–Crippen MR) is 51.8 cm³/mol. The normalized spacial score (nSPS) is 12.3. The summed E-state index contributed by atoms with van der Waals surface area (Å²) in [5.74, 6) is -1.29. The van der Waals surface area contributed by atoms with Gasteiger partial charge >= 0.3 is 5.97 Å². The van der Waals surface area contributed by atoms with E-state index in [1.165, 1.54) is 25.3 Å².